The lowest BCUT2D eigenvalue weighted by atomic mass is 9.99. The van der Waals surface area contributed by atoms with Crippen LogP contribution in [-0.2, 0) is 48.8 Å². The van der Waals surface area contributed by atoms with E-state index in [2.05, 4.69) is 26.1 Å². The lowest BCUT2D eigenvalue weighted by Crippen LogP contribution is -2.36. The van der Waals surface area contributed by atoms with Crippen LogP contribution < -0.4 is 10.0 Å². The Hall–Kier alpha value is -2.39. The molecule has 0 bridgehead atoms. The van der Waals surface area contributed by atoms with E-state index in [-0.39, 0.29) is 7.88 Å². The number of carbonyl (C=O) groups is 1. The summed E-state index contributed by atoms with van der Waals surface area (Å²) in [6.07, 6.45) is 7.19. The first kappa shape index (κ1) is 20.5. The van der Waals surface area contributed by atoms with Crippen molar-refractivity contribution in [1.29, 1.82) is 0 Å². The third kappa shape index (κ3) is 3.85. The molecule has 0 radical (unpaired) electrons. The van der Waals surface area contributed by atoms with E-state index in [4.69, 9.17) is 0 Å². The number of fused-ring (bicyclic) bond motifs is 2. The molecule has 1 aliphatic heterocycles. The number of urea groups is 1. The number of aryl methyl sites for hydroxylation is 3. The van der Waals surface area contributed by atoms with Gasteiger partial charge in [-0.25, -0.2) is 9.52 Å². The molecule has 0 spiro atoms. The Balaban J connectivity index is 0.00000153. The predicted octanol–water partition coefficient (Wildman–Crippen LogP) is 3.09. The fraction of sp³-hybridized carbons (Fsp3) is 0.545. The van der Waals surface area contributed by atoms with Crippen LogP contribution in [0.5, 0.6) is 0 Å². The van der Waals surface area contributed by atoms with Crippen LogP contribution in [0.15, 0.2) is 17.2 Å². The van der Waals surface area contributed by atoms with Gasteiger partial charge in [0, 0.05) is 27.7 Å². The van der Waals surface area contributed by atoms with Crippen LogP contribution in [0, 0.1) is 0 Å². The van der Waals surface area contributed by atoms with Crippen LogP contribution in [0.1, 0.15) is 57.0 Å². The SMILES string of the molecule is CCn1nc(S(=O)(=O)NC(=O)Nc2c3c(cc4c2CCC4)CCC3)cc1CN1CCC1.[HH].[HH]. The molecule has 1 aromatic carbocycles. The number of likely N-dealkylation sites (tertiary alicyclic amines) is 1. The number of aromatic nitrogens is 2. The molecule has 170 valence electrons. The minimum Gasteiger partial charge on any atom is -0.307 e. The molecule has 1 aromatic heterocycles. The van der Waals surface area contributed by atoms with Crippen molar-refractivity contribution < 1.29 is 16.1 Å². The van der Waals surface area contributed by atoms with Gasteiger partial charge < -0.3 is 5.32 Å². The third-order valence-electron chi connectivity index (χ3n) is 6.69. The first-order valence-electron chi connectivity index (χ1n) is 11.2. The van der Waals surface area contributed by atoms with E-state index in [0.717, 1.165) is 63.0 Å². The highest BCUT2D eigenvalue weighted by atomic mass is 32.2. The second-order valence-electron chi connectivity index (χ2n) is 8.71. The van der Waals surface area contributed by atoms with Crippen LogP contribution in [0.3, 0.4) is 0 Å². The number of nitrogens with zero attached hydrogens (tertiary/aromatic N) is 3. The Morgan fingerprint density at radius 3 is 2.32 bits per heavy atom. The van der Waals surface area contributed by atoms with Gasteiger partial charge in [-0.2, -0.15) is 13.5 Å². The van der Waals surface area contributed by atoms with Gasteiger partial charge in [0.05, 0.1) is 5.69 Å². The maximum Gasteiger partial charge on any atom is 0.333 e. The van der Waals surface area contributed by atoms with Gasteiger partial charge in [0.15, 0.2) is 5.03 Å². The zero-order valence-electron chi connectivity index (χ0n) is 17.9. The van der Waals surface area contributed by atoms with Crippen molar-refractivity contribution in [3.8, 4) is 0 Å². The molecule has 1 fully saturated rings. The molecule has 2 aromatic rings. The highest BCUT2D eigenvalue weighted by Gasteiger charge is 2.28. The number of hydrogen-bond acceptors (Lipinski definition) is 5. The first-order valence-corrected chi connectivity index (χ1v) is 12.7. The molecule has 0 saturated carbocycles. The van der Waals surface area contributed by atoms with E-state index in [1.165, 1.54) is 28.7 Å². The number of nitrogens with one attached hydrogen (secondary N) is 2. The van der Waals surface area contributed by atoms with Gasteiger partial charge in [-0.15, -0.1) is 0 Å². The summed E-state index contributed by atoms with van der Waals surface area (Å²) in [6.45, 7) is 5.21. The number of rotatable bonds is 6. The van der Waals surface area contributed by atoms with Crippen molar-refractivity contribution in [2.75, 3.05) is 18.4 Å². The lowest BCUT2D eigenvalue weighted by molar-refractivity contribution is 0.167. The van der Waals surface area contributed by atoms with Gasteiger partial charge in [-0.05, 0) is 87.2 Å². The lowest BCUT2D eigenvalue weighted by Gasteiger charge is -2.30. The van der Waals surface area contributed by atoms with Crippen molar-refractivity contribution in [3.05, 3.63) is 40.1 Å². The monoisotopic (exact) mass is 447 g/mol. The summed E-state index contributed by atoms with van der Waals surface area (Å²) in [4.78, 5) is 15.0. The van der Waals surface area contributed by atoms with E-state index in [0.29, 0.717) is 13.1 Å². The largest absolute Gasteiger partial charge is 0.333 e. The molecule has 31 heavy (non-hydrogen) atoms. The number of amides is 2. The average Bonchev–Trinajstić information content (AvgIpc) is 3.42. The predicted molar refractivity (Wildman–Crippen MR) is 122 cm³/mol. The van der Waals surface area contributed by atoms with Crippen LogP contribution >= 0.6 is 0 Å². The summed E-state index contributed by atoms with van der Waals surface area (Å²) in [7, 11) is -4.06. The van der Waals surface area contributed by atoms with Crippen LogP contribution in [0.25, 0.3) is 0 Å². The summed E-state index contributed by atoms with van der Waals surface area (Å²) in [6, 6.07) is 3.14. The molecule has 5 rings (SSSR count). The Morgan fingerprint density at radius 1 is 1.06 bits per heavy atom. The summed E-state index contributed by atoms with van der Waals surface area (Å²) < 4.78 is 29.7. The Bertz CT molecular complexity index is 1110. The molecule has 3 aliphatic rings. The summed E-state index contributed by atoms with van der Waals surface area (Å²) in [5.74, 6) is 0. The topological polar surface area (TPSA) is 96.3 Å². The molecule has 1 saturated heterocycles. The Labute approximate surface area is 186 Å². The van der Waals surface area contributed by atoms with Crippen molar-refractivity contribution in [2.24, 2.45) is 0 Å². The average molecular weight is 448 g/mol. The smallest absolute Gasteiger partial charge is 0.307 e. The van der Waals surface area contributed by atoms with E-state index in [9.17, 15) is 13.2 Å². The molecule has 0 atom stereocenters. The fourth-order valence-electron chi connectivity index (χ4n) is 5.01. The molecule has 0 unspecified atom stereocenters. The maximum atomic E-state index is 12.9. The Kier molecular flexibility index (Phi) is 5.26. The van der Waals surface area contributed by atoms with Crippen LogP contribution in [0.2, 0.25) is 0 Å². The number of anilines is 1. The third-order valence-corrected chi connectivity index (χ3v) is 7.89. The van der Waals surface area contributed by atoms with Crippen molar-refractivity contribution in [2.45, 2.75) is 70.0 Å². The molecule has 2 heterocycles. The van der Waals surface area contributed by atoms with E-state index in [1.807, 2.05) is 6.92 Å². The molecule has 2 N–H and O–H groups in total. The number of benzene rings is 1. The zero-order chi connectivity index (χ0) is 21.6. The highest BCUT2D eigenvalue weighted by Crippen LogP contribution is 2.38. The molecule has 9 heteroatoms. The normalized spacial score (nSPS) is 17.8. The molecular weight excluding hydrogens is 414 g/mol. The number of hydrogen-bond donors (Lipinski definition) is 2. The molecule has 2 amide bonds. The summed E-state index contributed by atoms with van der Waals surface area (Å²) in [5, 5.41) is 7.02. The van der Waals surface area contributed by atoms with E-state index >= 15 is 0 Å². The molecular formula is C22H33N5O3S. The van der Waals surface area contributed by atoms with Gasteiger partial charge >= 0.3 is 6.03 Å². The van der Waals surface area contributed by atoms with Gasteiger partial charge in [-0.1, -0.05) is 6.07 Å². The number of carbonyl (C=O) groups excluding carboxylic acids is 1. The van der Waals surface area contributed by atoms with E-state index < -0.39 is 16.1 Å². The van der Waals surface area contributed by atoms with E-state index in [1.54, 1.807) is 10.7 Å². The van der Waals surface area contributed by atoms with Gasteiger partial charge in [0.1, 0.15) is 0 Å². The number of sulfonamides is 1. The highest BCUT2D eigenvalue weighted by molar-refractivity contribution is 7.90. The fourth-order valence-corrected chi connectivity index (χ4v) is 5.91. The minimum absolute atomic E-state index is 0. The van der Waals surface area contributed by atoms with Crippen molar-refractivity contribution in [1.82, 2.24) is 19.4 Å². The summed E-state index contributed by atoms with van der Waals surface area (Å²) in [5.41, 5.74) is 6.59. The van der Waals surface area contributed by atoms with Crippen molar-refractivity contribution >= 4 is 21.7 Å². The van der Waals surface area contributed by atoms with Crippen LogP contribution in [0.4, 0.5) is 10.5 Å². The van der Waals surface area contributed by atoms with Gasteiger partial charge in [0.25, 0.3) is 10.0 Å². The first-order chi connectivity index (χ1) is 14.9. The quantitative estimate of drug-likeness (QED) is 0.709. The van der Waals surface area contributed by atoms with Crippen LogP contribution in [-0.4, -0.2) is 42.2 Å². The molecule has 2 aliphatic carbocycles. The zero-order valence-corrected chi connectivity index (χ0v) is 18.7. The standard InChI is InChI=1S/C22H29N5O3S.2H2/c1-2-27-17(14-26-10-5-11-26)13-20(24-27)31(29,30)25-22(28)23-21-18-8-3-6-15(18)12-16-7-4-9-19(16)21;;/h12-13H,2-11,14H2,1H3,(H2,23,25,28);2*1H. The maximum absolute atomic E-state index is 12.9. The second-order valence-corrected chi connectivity index (χ2v) is 10.3. The van der Waals surface area contributed by atoms with Crippen molar-refractivity contribution in [3.63, 3.8) is 0 Å². The molecule has 8 nitrogen and oxygen atoms in total. The van der Waals surface area contributed by atoms with Gasteiger partial charge in [-0.3, -0.25) is 9.58 Å². The Morgan fingerprint density at radius 2 is 1.74 bits per heavy atom. The summed E-state index contributed by atoms with van der Waals surface area (Å²) >= 11 is 0. The second kappa shape index (κ2) is 7.94. The minimum atomic E-state index is -4.06. The van der Waals surface area contributed by atoms with Gasteiger partial charge in [0.2, 0.25) is 0 Å².